The molecule has 92 valence electrons. The van der Waals surface area contributed by atoms with Crippen molar-refractivity contribution in [2.24, 2.45) is 9.98 Å². The van der Waals surface area contributed by atoms with Gasteiger partial charge in [0.05, 0.1) is 0 Å². The molecule has 0 radical (unpaired) electrons. The number of nitrogens with zero attached hydrogens (tertiary/aromatic N) is 2. The Kier molecular flexibility index (Phi) is 9.28. The standard InChI is InChI=1S/C10H14N2S.2ClH.Fe/c1-7(11-3)9-5-6-10(13-9)8(2)12-4;;;/h5-6H,1-4H3;2*1H;/q;;;+2/p-2. The molecule has 6 heteroatoms. The Balaban J connectivity index is 0.000000673. The Labute approximate surface area is 115 Å². The number of hydrogen-bond donors (Lipinski definition) is 0. The number of aliphatic imine (C=N–C) groups is 2. The summed E-state index contributed by atoms with van der Waals surface area (Å²) in [4.78, 5) is 10.7. The predicted octanol–water partition coefficient (Wildman–Crippen LogP) is 4.00. The van der Waals surface area contributed by atoms with Gasteiger partial charge in [0, 0.05) is 35.3 Å². The third-order valence-corrected chi connectivity index (χ3v) is 3.29. The molecule has 0 saturated heterocycles. The number of halogens is 2. The van der Waals surface area contributed by atoms with Crippen LogP contribution in [-0.2, 0) is 13.1 Å². The zero-order valence-corrected chi connectivity index (χ0v) is 13.0. The normalized spacial score (nSPS) is 12.4. The average molecular weight is 321 g/mol. The van der Waals surface area contributed by atoms with Crippen LogP contribution in [0.25, 0.3) is 0 Å². The van der Waals surface area contributed by atoms with Crippen molar-refractivity contribution in [3.05, 3.63) is 21.9 Å². The quantitative estimate of drug-likeness (QED) is 0.581. The van der Waals surface area contributed by atoms with E-state index < -0.39 is 0 Å². The van der Waals surface area contributed by atoms with Crippen LogP contribution in [0.1, 0.15) is 23.6 Å². The van der Waals surface area contributed by atoms with Crippen LogP contribution in [0.4, 0.5) is 0 Å². The Bertz CT molecular complexity index is 342. The van der Waals surface area contributed by atoms with Gasteiger partial charge in [-0.25, -0.2) is 0 Å². The van der Waals surface area contributed by atoms with Crippen molar-refractivity contribution in [3.8, 4) is 0 Å². The Hall–Kier alpha value is 0.139. The van der Waals surface area contributed by atoms with E-state index in [9.17, 15) is 0 Å². The molecule has 16 heavy (non-hydrogen) atoms. The molecule has 0 saturated carbocycles. The molecule has 0 unspecified atom stereocenters. The van der Waals surface area contributed by atoms with Crippen molar-refractivity contribution in [2.75, 3.05) is 14.1 Å². The molecule has 1 rings (SSSR count). The van der Waals surface area contributed by atoms with Gasteiger partial charge >= 0.3 is 33.3 Å². The minimum atomic E-state index is 0.194. The zero-order chi connectivity index (χ0) is 12.6. The summed E-state index contributed by atoms with van der Waals surface area (Å²) in [5, 5.41) is 0. The van der Waals surface area contributed by atoms with E-state index in [2.05, 4.69) is 22.1 Å². The van der Waals surface area contributed by atoms with E-state index in [0.717, 1.165) is 11.4 Å². The van der Waals surface area contributed by atoms with Gasteiger partial charge in [-0.1, -0.05) is 0 Å². The van der Waals surface area contributed by atoms with Crippen molar-refractivity contribution >= 4 is 43.0 Å². The van der Waals surface area contributed by atoms with Crippen LogP contribution in [0.15, 0.2) is 22.1 Å². The van der Waals surface area contributed by atoms with Gasteiger partial charge in [0.15, 0.2) is 0 Å². The van der Waals surface area contributed by atoms with Crippen LogP contribution in [0, 0.1) is 0 Å². The van der Waals surface area contributed by atoms with E-state index in [4.69, 9.17) is 20.2 Å². The Morgan fingerprint density at radius 2 is 1.38 bits per heavy atom. The number of rotatable bonds is 2. The van der Waals surface area contributed by atoms with Gasteiger partial charge in [-0.15, -0.1) is 11.3 Å². The second-order valence-electron chi connectivity index (χ2n) is 2.83. The summed E-state index contributed by atoms with van der Waals surface area (Å²) in [6, 6.07) is 4.19. The summed E-state index contributed by atoms with van der Waals surface area (Å²) in [5.74, 6) is 0. The molecular weight excluding hydrogens is 307 g/mol. The third kappa shape index (κ3) is 5.46. The molecule has 0 amide bonds. The second-order valence-corrected chi connectivity index (χ2v) is 5.74. The molecule has 2 nitrogen and oxygen atoms in total. The van der Waals surface area contributed by atoms with Crippen LogP contribution in [0.2, 0.25) is 0 Å². The first kappa shape index (κ1) is 16.1. The molecule has 1 heterocycles. The van der Waals surface area contributed by atoms with Crippen LogP contribution < -0.4 is 0 Å². The van der Waals surface area contributed by atoms with Crippen LogP contribution in [0.5, 0.6) is 0 Å². The molecule has 0 atom stereocenters. The third-order valence-electron chi connectivity index (χ3n) is 1.99. The topological polar surface area (TPSA) is 24.7 Å². The molecule has 0 aliphatic carbocycles. The van der Waals surface area contributed by atoms with E-state index in [-0.39, 0.29) is 13.1 Å². The first-order chi connectivity index (χ1) is 7.60. The number of hydrogen-bond acceptors (Lipinski definition) is 3. The fourth-order valence-corrected chi connectivity index (χ4v) is 1.93. The summed E-state index contributed by atoms with van der Waals surface area (Å²) in [6.45, 7) is 4.04. The van der Waals surface area contributed by atoms with Crippen molar-refractivity contribution in [2.45, 2.75) is 13.8 Å². The van der Waals surface area contributed by atoms with Gasteiger partial charge in [-0.2, -0.15) is 0 Å². The SMILES string of the molecule is CN=C(C)c1ccc(C(C)=NC)s1.[Cl][Fe][Cl]. The summed E-state index contributed by atoms with van der Waals surface area (Å²) in [7, 11) is 13.2. The van der Waals surface area contributed by atoms with Crippen molar-refractivity contribution in [1.82, 2.24) is 0 Å². The first-order valence-electron chi connectivity index (χ1n) is 4.43. The fourth-order valence-electron chi connectivity index (χ4n) is 0.947. The zero-order valence-electron chi connectivity index (χ0n) is 9.57. The van der Waals surface area contributed by atoms with Crippen LogP contribution in [0.3, 0.4) is 0 Å². The Morgan fingerprint density at radius 1 is 1.06 bits per heavy atom. The predicted molar refractivity (Wildman–Crippen MR) is 72.3 cm³/mol. The minimum absolute atomic E-state index is 0.194. The summed E-state index contributed by atoms with van der Waals surface area (Å²) >= 11 is 1.93. The van der Waals surface area contributed by atoms with E-state index in [0.29, 0.717) is 0 Å². The summed E-state index contributed by atoms with van der Waals surface area (Å²) < 4.78 is 0. The van der Waals surface area contributed by atoms with E-state index in [1.165, 1.54) is 9.75 Å². The van der Waals surface area contributed by atoms with E-state index >= 15 is 0 Å². The molecule has 0 bridgehead atoms. The van der Waals surface area contributed by atoms with Crippen molar-refractivity contribution in [3.63, 3.8) is 0 Å². The molecule has 0 aromatic carbocycles. The maximum atomic E-state index is 4.76. The van der Waals surface area contributed by atoms with Gasteiger partial charge in [-0.3, -0.25) is 9.98 Å². The monoisotopic (exact) mass is 320 g/mol. The molecule has 1 aromatic rings. The van der Waals surface area contributed by atoms with Crippen LogP contribution >= 0.6 is 31.5 Å². The van der Waals surface area contributed by atoms with Crippen molar-refractivity contribution in [1.29, 1.82) is 0 Å². The molecule has 0 N–H and O–H groups in total. The summed E-state index contributed by atoms with van der Waals surface area (Å²) in [5.41, 5.74) is 2.17. The molecule has 0 aliphatic heterocycles. The first-order valence-corrected chi connectivity index (χ1v) is 8.28. The average Bonchev–Trinajstić information content (AvgIpc) is 2.77. The Morgan fingerprint density at radius 3 is 1.62 bits per heavy atom. The van der Waals surface area contributed by atoms with E-state index in [1.54, 1.807) is 11.3 Å². The molecule has 1 aromatic heterocycles. The van der Waals surface area contributed by atoms with Gasteiger partial charge in [0.25, 0.3) is 0 Å². The van der Waals surface area contributed by atoms with Crippen molar-refractivity contribution < 1.29 is 13.1 Å². The van der Waals surface area contributed by atoms with Gasteiger partial charge in [-0.05, 0) is 26.0 Å². The van der Waals surface area contributed by atoms with Crippen LogP contribution in [-0.4, -0.2) is 25.5 Å². The number of thiophene rings is 1. The second kappa shape index (κ2) is 9.20. The maximum absolute atomic E-state index is 4.76. The molecule has 0 spiro atoms. The molecule has 0 fully saturated rings. The molecular formula is C10H14Cl2FeN2S. The summed E-state index contributed by atoms with van der Waals surface area (Å²) in [6.07, 6.45) is 0. The fraction of sp³-hybridized carbons (Fsp3) is 0.400. The molecule has 0 aliphatic rings. The van der Waals surface area contributed by atoms with Gasteiger partial charge in [0.1, 0.15) is 0 Å². The van der Waals surface area contributed by atoms with Gasteiger partial charge < -0.3 is 0 Å². The van der Waals surface area contributed by atoms with E-state index in [1.807, 2.05) is 27.9 Å². The van der Waals surface area contributed by atoms with Gasteiger partial charge in [0.2, 0.25) is 0 Å².